The van der Waals surface area contributed by atoms with Gasteiger partial charge in [-0.1, -0.05) is 54.8 Å². The number of nitrogens with one attached hydrogen (secondary N) is 1. The van der Waals surface area contributed by atoms with Gasteiger partial charge in [0, 0.05) is 36.1 Å². The zero-order valence-corrected chi connectivity index (χ0v) is 17.2. The number of allylic oxidation sites excluding steroid dienone is 10. The van der Waals surface area contributed by atoms with Crippen molar-refractivity contribution in [3.63, 3.8) is 0 Å². The van der Waals surface area contributed by atoms with E-state index in [1.807, 2.05) is 30.6 Å². The number of carbonyl (C=O) groups is 2. The predicted molar refractivity (Wildman–Crippen MR) is 116 cm³/mol. The monoisotopic (exact) mass is 418 g/mol. The van der Waals surface area contributed by atoms with E-state index < -0.39 is 0 Å². The lowest BCUT2D eigenvalue weighted by molar-refractivity contribution is -0.116. The molecule has 0 bridgehead atoms. The molecule has 28 heavy (non-hydrogen) atoms. The van der Waals surface area contributed by atoms with Crippen LogP contribution in [0, 0.1) is 0 Å². The van der Waals surface area contributed by atoms with Gasteiger partial charge in [-0.2, -0.15) is 0 Å². The highest BCUT2D eigenvalue weighted by Gasteiger charge is 2.16. The molecule has 0 saturated carbocycles. The SMILES string of the molecule is C=CC(=O)NCCCCCCN1C=CC(=CC=C2C=C(Cl)C=C(Cl)C2=O)C=C1. The van der Waals surface area contributed by atoms with Crippen molar-refractivity contribution in [2.24, 2.45) is 0 Å². The van der Waals surface area contributed by atoms with Gasteiger partial charge in [-0.3, -0.25) is 9.59 Å². The molecule has 4 nitrogen and oxygen atoms in total. The van der Waals surface area contributed by atoms with E-state index >= 15 is 0 Å². The second-order valence-corrected chi connectivity index (χ2v) is 7.26. The molecule has 1 aliphatic carbocycles. The molecule has 2 rings (SSSR count). The predicted octanol–water partition coefficient (Wildman–Crippen LogP) is 4.87. The number of Topliss-reactive ketones (excluding diaryl/α,β-unsaturated/α-hetero) is 1. The third-order valence-electron chi connectivity index (χ3n) is 4.24. The van der Waals surface area contributed by atoms with Gasteiger partial charge in [0.2, 0.25) is 11.7 Å². The van der Waals surface area contributed by atoms with Gasteiger partial charge in [-0.15, -0.1) is 0 Å². The molecular formula is C22H24Cl2N2O2. The average molecular weight is 419 g/mol. The van der Waals surface area contributed by atoms with Crippen molar-refractivity contribution >= 4 is 34.9 Å². The molecule has 0 unspecified atom stereocenters. The molecule has 0 fully saturated rings. The van der Waals surface area contributed by atoms with Crippen LogP contribution in [0.1, 0.15) is 25.7 Å². The number of nitrogens with zero attached hydrogens (tertiary/aromatic N) is 1. The van der Waals surface area contributed by atoms with Crippen molar-refractivity contribution in [2.75, 3.05) is 13.1 Å². The summed E-state index contributed by atoms with van der Waals surface area (Å²) >= 11 is 11.8. The minimum Gasteiger partial charge on any atom is -0.354 e. The number of unbranched alkanes of at least 4 members (excludes halogenated alkanes) is 3. The molecule has 2 aliphatic rings. The largest absolute Gasteiger partial charge is 0.354 e. The summed E-state index contributed by atoms with van der Waals surface area (Å²) in [6, 6.07) is 0. The maximum Gasteiger partial charge on any atom is 0.243 e. The van der Waals surface area contributed by atoms with E-state index in [9.17, 15) is 9.59 Å². The van der Waals surface area contributed by atoms with E-state index in [1.54, 1.807) is 12.2 Å². The van der Waals surface area contributed by atoms with E-state index in [4.69, 9.17) is 23.2 Å². The van der Waals surface area contributed by atoms with Crippen LogP contribution in [0.3, 0.4) is 0 Å². The van der Waals surface area contributed by atoms with Crippen LogP contribution in [-0.4, -0.2) is 29.7 Å². The topological polar surface area (TPSA) is 49.4 Å². The number of amides is 1. The van der Waals surface area contributed by atoms with Crippen LogP contribution >= 0.6 is 23.2 Å². The summed E-state index contributed by atoms with van der Waals surface area (Å²) in [6.07, 6.45) is 20.2. The van der Waals surface area contributed by atoms with Crippen LogP contribution in [-0.2, 0) is 9.59 Å². The van der Waals surface area contributed by atoms with E-state index in [-0.39, 0.29) is 16.7 Å². The molecule has 0 aromatic heterocycles. The van der Waals surface area contributed by atoms with Gasteiger partial charge < -0.3 is 10.2 Å². The highest BCUT2D eigenvalue weighted by atomic mass is 35.5. The number of halogens is 2. The van der Waals surface area contributed by atoms with Gasteiger partial charge in [0.25, 0.3) is 0 Å². The molecule has 1 amide bonds. The average Bonchev–Trinajstić information content (AvgIpc) is 2.69. The summed E-state index contributed by atoms with van der Waals surface area (Å²) in [7, 11) is 0. The Kier molecular flexibility index (Phi) is 9.05. The summed E-state index contributed by atoms with van der Waals surface area (Å²) in [5, 5.41) is 3.35. The van der Waals surface area contributed by atoms with Crippen molar-refractivity contribution in [1.29, 1.82) is 0 Å². The number of carbonyl (C=O) groups excluding carboxylic acids is 2. The minimum atomic E-state index is -0.225. The Labute approximate surface area is 176 Å². The Bertz CT molecular complexity index is 785. The maximum absolute atomic E-state index is 12.0. The lowest BCUT2D eigenvalue weighted by Crippen LogP contribution is -2.21. The summed E-state index contributed by atoms with van der Waals surface area (Å²) in [4.78, 5) is 25.1. The van der Waals surface area contributed by atoms with Gasteiger partial charge in [-0.05, 0) is 48.8 Å². The zero-order valence-electron chi connectivity index (χ0n) is 15.7. The Morgan fingerprint density at radius 3 is 2.50 bits per heavy atom. The Balaban J connectivity index is 1.71. The highest BCUT2D eigenvalue weighted by molar-refractivity contribution is 6.48. The van der Waals surface area contributed by atoms with E-state index in [2.05, 4.69) is 16.8 Å². The Hall–Kier alpha value is -2.30. The molecule has 0 atom stereocenters. The molecular weight excluding hydrogens is 395 g/mol. The zero-order chi connectivity index (χ0) is 20.4. The summed E-state index contributed by atoms with van der Waals surface area (Å²) in [5.74, 6) is -0.341. The van der Waals surface area contributed by atoms with Crippen LogP contribution in [0.15, 0.2) is 82.7 Å². The molecule has 0 aromatic rings. The van der Waals surface area contributed by atoms with E-state index in [0.717, 1.165) is 37.8 Å². The summed E-state index contributed by atoms with van der Waals surface area (Å²) in [6.45, 7) is 5.06. The summed E-state index contributed by atoms with van der Waals surface area (Å²) in [5.41, 5.74) is 1.46. The van der Waals surface area contributed by atoms with Gasteiger partial charge >= 0.3 is 0 Å². The first-order valence-corrected chi connectivity index (χ1v) is 9.98. The van der Waals surface area contributed by atoms with Crippen molar-refractivity contribution in [3.8, 4) is 0 Å². The Morgan fingerprint density at radius 1 is 1.07 bits per heavy atom. The quantitative estimate of drug-likeness (QED) is 0.428. The van der Waals surface area contributed by atoms with Crippen LogP contribution in [0.2, 0.25) is 0 Å². The van der Waals surface area contributed by atoms with Crippen LogP contribution in [0.4, 0.5) is 0 Å². The van der Waals surface area contributed by atoms with Gasteiger partial charge in [-0.25, -0.2) is 0 Å². The van der Waals surface area contributed by atoms with E-state index in [1.165, 1.54) is 12.2 Å². The molecule has 0 saturated heterocycles. The standard InChI is InChI=1S/C22H24Cl2N2O2/c1-2-21(27)25-11-5-3-4-6-12-26-13-9-17(10-14-26)7-8-18-15-19(23)16-20(24)22(18)28/h2,7-10,13-16H,1,3-6,11-12H2,(H,25,27). The van der Waals surface area contributed by atoms with Gasteiger partial charge in [0.15, 0.2) is 0 Å². The lowest BCUT2D eigenvalue weighted by atomic mass is 10.0. The van der Waals surface area contributed by atoms with Crippen LogP contribution in [0.25, 0.3) is 0 Å². The molecule has 0 spiro atoms. The molecule has 0 aromatic carbocycles. The van der Waals surface area contributed by atoms with Crippen LogP contribution < -0.4 is 5.32 Å². The molecule has 148 valence electrons. The first-order chi connectivity index (χ1) is 13.5. The number of hydrogen-bond donors (Lipinski definition) is 1. The van der Waals surface area contributed by atoms with Crippen LogP contribution in [0.5, 0.6) is 0 Å². The first kappa shape index (κ1) is 22.0. The van der Waals surface area contributed by atoms with Gasteiger partial charge in [0.1, 0.15) is 0 Å². The normalized spacial score (nSPS) is 17.5. The third-order valence-corrected chi connectivity index (χ3v) is 4.74. The second kappa shape index (κ2) is 11.5. The number of rotatable bonds is 9. The molecule has 0 radical (unpaired) electrons. The lowest BCUT2D eigenvalue weighted by Gasteiger charge is -2.18. The highest BCUT2D eigenvalue weighted by Crippen LogP contribution is 2.24. The smallest absolute Gasteiger partial charge is 0.243 e. The summed E-state index contributed by atoms with van der Waals surface area (Å²) < 4.78 is 0. The molecule has 1 N–H and O–H groups in total. The fourth-order valence-corrected chi connectivity index (χ4v) is 3.18. The maximum atomic E-state index is 12.0. The Morgan fingerprint density at radius 2 is 1.79 bits per heavy atom. The minimum absolute atomic E-state index is 0.116. The van der Waals surface area contributed by atoms with Crippen molar-refractivity contribution in [1.82, 2.24) is 10.2 Å². The molecule has 1 aliphatic heterocycles. The van der Waals surface area contributed by atoms with Crippen molar-refractivity contribution in [2.45, 2.75) is 25.7 Å². The first-order valence-electron chi connectivity index (χ1n) is 9.23. The third kappa shape index (κ3) is 7.37. The number of hydrogen-bond acceptors (Lipinski definition) is 3. The van der Waals surface area contributed by atoms with Crippen molar-refractivity contribution < 1.29 is 9.59 Å². The number of ketones is 1. The van der Waals surface area contributed by atoms with Crippen molar-refractivity contribution in [3.05, 3.63) is 82.7 Å². The second-order valence-electron chi connectivity index (χ2n) is 6.42. The molecule has 1 heterocycles. The fraction of sp³-hybridized carbons (Fsp3) is 0.273. The fourth-order valence-electron chi connectivity index (χ4n) is 2.68. The van der Waals surface area contributed by atoms with E-state index in [0.29, 0.717) is 17.2 Å². The molecule has 6 heteroatoms. The van der Waals surface area contributed by atoms with Gasteiger partial charge in [0.05, 0.1) is 5.03 Å².